The van der Waals surface area contributed by atoms with Gasteiger partial charge >= 0.3 is 0 Å². The molecule has 0 aliphatic rings. The first kappa shape index (κ1) is 18.8. The average molecular weight is 403 g/mol. The molecule has 2 aromatic carbocycles. The molecule has 2 nitrogen and oxygen atoms in total. The van der Waals surface area contributed by atoms with Gasteiger partial charge in [0.2, 0.25) is 0 Å². The summed E-state index contributed by atoms with van der Waals surface area (Å²) in [6.45, 7) is 8.62. The van der Waals surface area contributed by atoms with Crippen LogP contribution in [0.3, 0.4) is 0 Å². The molecule has 4 heteroatoms. The lowest BCUT2D eigenvalue weighted by Gasteiger charge is -2.05. The molecule has 0 saturated carbocycles. The molecular weight excluding hydrogens is 380 g/mol. The van der Waals surface area contributed by atoms with Crippen LogP contribution in [-0.2, 0) is 0 Å². The van der Waals surface area contributed by atoms with Gasteiger partial charge in [-0.3, -0.25) is 0 Å². The van der Waals surface area contributed by atoms with Gasteiger partial charge in [-0.2, -0.15) is 0 Å². The monoisotopic (exact) mass is 402 g/mol. The summed E-state index contributed by atoms with van der Waals surface area (Å²) >= 11 is 3.50. The summed E-state index contributed by atoms with van der Waals surface area (Å²) in [4.78, 5) is 12.4. The quantitative estimate of drug-likeness (QED) is 0.353. The summed E-state index contributed by atoms with van der Waals surface area (Å²) < 4.78 is 0. The van der Waals surface area contributed by atoms with Gasteiger partial charge in [0, 0.05) is 20.9 Å². The first-order valence-electron chi connectivity index (χ1n) is 9.28. The van der Waals surface area contributed by atoms with Gasteiger partial charge in [-0.25, -0.2) is 9.97 Å². The summed E-state index contributed by atoms with van der Waals surface area (Å²) in [5.41, 5.74) is 6.89. The van der Waals surface area contributed by atoms with Gasteiger partial charge in [-0.15, -0.1) is 22.7 Å². The largest absolute Gasteiger partial charge is 0.236 e. The highest BCUT2D eigenvalue weighted by molar-refractivity contribution is 7.15. The molecular formula is C24H22N2S2. The molecule has 4 rings (SSSR count). The van der Waals surface area contributed by atoms with E-state index in [0.717, 1.165) is 21.4 Å². The van der Waals surface area contributed by atoms with E-state index in [1.54, 1.807) is 22.7 Å². The van der Waals surface area contributed by atoms with Crippen molar-refractivity contribution >= 4 is 33.8 Å². The minimum atomic E-state index is 1.07. The lowest BCUT2D eigenvalue weighted by atomic mass is 10.0. The Morgan fingerprint density at radius 2 is 0.964 bits per heavy atom. The highest BCUT2D eigenvalue weighted by Gasteiger charge is 2.17. The van der Waals surface area contributed by atoms with Crippen molar-refractivity contribution in [3.8, 4) is 21.1 Å². The summed E-state index contributed by atoms with van der Waals surface area (Å²) in [7, 11) is 0. The molecule has 0 aliphatic heterocycles. The second-order valence-corrected chi connectivity index (χ2v) is 9.24. The van der Waals surface area contributed by atoms with Crippen LogP contribution in [0.15, 0.2) is 60.7 Å². The smallest absolute Gasteiger partial charge is 0.124 e. The van der Waals surface area contributed by atoms with Crippen molar-refractivity contribution in [2.45, 2.75) is 27.7 Å². The topological polar surface area (TPSA) is 25.8 Å². The Morgan fingerprint density at radius 3 is 1.32 bits per heavy atom. The zero-order chi connectivity index (χ0) is 19.7. The first-order valence-corrected chi connectivity index (χ1v) is 10.9. The molecule has 0 radical (unpaired) electrons. The Bertz CT molecular complexity index is 1040. The van der Waals surface area contributed by atoms with Gasteiger partial charge in [0.25, 0.3) is 0 Å². The summed E-state index contributed by atoms with van der Waals surface area (Å²) in [5.74, 6) is 0. The van der Waals surface area contributed by atoms with E-state index in [9.17, 15) is 0 Å². The molecule has 2 heterocycles. The lowest BCUT2D eigenvalue weighted by molar-refractivity contribution is 1.27. The Morgan fingerprint density at radius 1 is 0.607 bits per heavy atom. The van der Waals surface area contributed by atoms with Crippen molar-refractivity contribution in [3.05, 3.63) is 81.8 Å². The third-order valence-electron chi connectivity index (χ3n) is 4.91. The second-order valence-electron chi connectivity index (χ2n) is 6.83. The predicted octanol–water partition coefficient (Wildman–Crippen LogP) is 7.50. The van der Waals surface area contributed by atoms with Crippen LogP contribution < -0.4 is 0 Å². The number of thiazole rings is 2. The maximum Gasteiger partial charge on any atom is 0.124 e. The number of hydrogen-bond acceptors (Lipinski definition) is 4. The molecule has 0 unspecified atom stereocenters. The maximum atomic E-state index is 4.96. The van der Waals surface area contributed by atoms with Gasteiger partial charge in [0.15, 0.2) is 0 Å². The van der Waals surface area contributed by atoms with Crippen LogP contribution in [0.25, 0.3) is 32.3 Å². The van der Waals surface area contributed by atoms with Crippen LogP contribution in [0.4, 0.5) is 0 Å². The molecule has 0 spiro atoms. The summed E-state index contributed by atoms with van der Waals surface area (Å²) in [6.07, 6.45) is 0. The van der Waals surface area contributed by atoms with E-state index >= 15 is 0 Å². The maximum absolute atomic E-state index is 4.96. The Hall–Kier alpha value is -2.56. The van der Waals surface area contributed by atoms with Gasteiger partial charge in [0.05, 0.1) is 11.4 Å². The number of aromatic nitrogens is 2. The molecule has 0 N–H and O–H groups in total. The Kier molecular flexibility index (Phi) is 5.25. The third kappa shape index (κ3) is 3.58. The molecule has 0 saturated heterocycles. The molecule has 4 aromatic rings. The highest BCUT2D eigenvalue weighted by Crippen LogP contribution is 2.37. The van der Waals surface area contributed by atoms with E-state index in [2.05, 4.69) is 76.2 Å². The van der Waals surface area contributed by atoms with Crippen molar-refractivity contribution < 1.29 is 0 Å². The van der Waals surface area contributed by atoms with Crippen LogP contribution in [-0.4, -0.2) is 9.97 Å². The molecule has 0 amide bonds. The fourth-order valence-electron chi connectivity index (χ4n) is 3.25. The van der Waals surface area contributed by atoms with E-state index in [-0.39, 0.29) is 0 Å². The molecule has 2 aromatic heterocycles. The first-order chi connectivity index (χ1) is 13.5. The van der Waals surface area contributed by atoms with Gasteiger partial charge < -0.3 is 0 Å². The Balaban J connectivity index is 1.74. The zero-order valence-corrected chi connectivity index (χ0v) is 18.1. The molecule has 0 atom stereocenters. The molecule has 140 valence electrons. The van der Waals surface area contributed by atoms with E-state index < -0.39 is 0 Å². The van der Waals surface area contributed by atoms with E-state index in [1.807, 2.05) is 12.1 Å². The number of rotatable bonds is 4. The molecule has 0 aliphatic carbocycles. The zero-order valence-electron chi connectivity index (χ0n) is 16.5. The summed E-state index contributed by atoms with van der Waals surface area (Å²) in [5, 5.41) is 2.14. The van der Waals surface area contributed by atoms with Crippen LogP contribution in [0.5, 0.6) is 0 Å². The van der Waals surface area contributed by atoms with Gasteiger partial charge in [0.1, 0.15) is 10.0 Å². The lowest BCUT2D eigenvalue weighted by Crippen LogP contribution is -1.91. The fourth-order valence-corrected chi connectivity index (χ4v) is 5.20. The minimum Gasteiger partial charge on any atom is -0.236 e. The Labute approximate surface area is 174 Å². The van der Waals surface area contributed by atoms with E-state index in [4.69, 9.17) is 9.97 Å². The number of hydrogen-bond donors (Lipinski definition) is 0. The van der Waals surface area contributed by atoms with Gasteiger partial charge in [-0.05, 0) is 38.8 Å². The SMILES string of the molecule is C/C(=C(\C)c1nc(-c2ccccc2)sc1C)c1nc(-c2ccccc2)sc1C. The molecule has 28 heavy (non-hydrogen) atoms. The van der Waals surface area contributed by atoms with E-state index in [1.165, 1.54) is 32.0 Å². The predicted molar refractivity (Wildman–Crippen MR) is 123 cm³/mol. The van der Waals surface area contributed by atoms with Crippen LogP contribution in [0.1, 0.15) is 35.0 Å². The minimum absolute atomic E-state index is 1.07. The standard InChI is InChI=1S/C24H22N2S2/c1-15(21-17(3)27-23(25-21)19-11-7-5-8-12-19)16(2)22-18(4)28-24(26-22)20-13-9-6-10-14-20/h5-14H,1-4H3/b16-15-. The molecule has 0 bridgehead atoms. The number of aryl methyl sites for hydroxylation is 2. The second kappa shape index (κ2) is 7.82. The van der Waals surface area contributed by atoms with Gasteiger partial charge in [-0.1, -0.05) is 60.7 Å². The molecule has 0 fully saturated rings. The van der Waals surface area contributed by atoms with Crippen LogP contribution in [0, 0.1) is 13.8 Å². The van der Waals surface area contributed by atoms with Crippen LogP contribution >= 0.6 is 22.7 Å². The van der Waals surface area contributed by atoms with Crippen molar-refractivity contribution in [2.24, 2.45) is 0 Å². The van der Waals surface area contributed by atoms with Crippen molar-refractivity contribution in [1.29, 1.82) is 0 Å². The van der Waals surface area contributed by atoms with Crippen molar-refractivity contribution in [2.75, 3.05) is 0 Å². The van der Waals surface area contributed by atoms with Crippen molar-refractivity contribution in [1.82, 2.24) is 9.97 Å². The highest BCUT2D eigenvalue weighted by atomic mass is 32.1. The van der Waals surface area contributed by atoms with Crippen molar-refractivity contribution in [3.63, 3.8) is 0 Å². The third-order valence-corrected chi connectivity index (χ3v) is 6.95. The van der Waals surface area contributed by atoms with Crippen LogP contribution in [0.2, 0.25) is 0 Å². The fraction of sp³-hybridized carbons (Fsp3) is 0.167. The summed E-state index contributed by atoms with van der Waals surface area (Å²) in [6, 6.07) is 20.8. The average Bonchev–Trinajstić information content (AvgIpc) is 3.31. The number of benzene rings is 2. The number of allylic oxidation sites excluding steroid dienone is 2. The normalized spacial score (nSPS) is 12.1. The number of nitrogens with zero attached hydrogens (tertiary/aromatic N) is 2. The van der Waals surface area contributed by atoms with E-state index in [0.29, 0.717) is 0 Å².